The molecular formula is C26H22FN3O5. The van der Waals surface area contributed by atoms with Crippen LogP contribution in [0.5, 0.6) is 11.5 Å². The van der Waals surface area contributed by atoms with Gasteiger partial charge in [-0.3, -0.25) is 19.8 Å². The number of nitrogens with zero attached hydrogens (tertiary/aromatic N) is 1. The minimum atomic E-state index is -0.522. The van der Waals surface area contributed by atoms with Gasteiger partial charge in [0.15, 0.2) is 18.1 Å². The van der Waals surface area contributed by atoms with Gasteiger partial charge in [0.25, 0.3) is 17.7 Å². The van der Waals surface area contributed by atoms with Crippen LogP contribution in [0.25, 0.3) is 6.08 Å². The lowest BCUT2D eigenvalue weighted by Crippen LogP contribution is -2.35. The van der Waals surface area contributed by atoms with Gasteiger partial charge in [-0.2, -0.15) is 0 Å². The molecule has 178 valence electrons. The van der Waals surface area contributed by atoms with Crippen molar-refractivity contribution < 1.29 is 28.2 Å². The van der Waals surface area contributed by atoms with Gasteiger partial charge in [0.05, 0.1) is 12.3 Å². The Morgan fingerprint density at radius 1 is 1.00 bits per heavy atom. The highest BCUT2D eigenvalue weighted by Crippen LogP contribution is 2.30. The Balaban J connectivity index is 1.48. The molecule has 0 unspecified atom stereocenters. The largest absolute Gasteiger partial charge is 0.490 e. The first-order valence-electron chi connectivity index (χ1n) is 10.8. The van der Waals surface area contributed by atoms with E-state index in [1.807, 2.05) is 6.07 Å². The van der Waals surface area contributed by atoms with Gasteiger partial charge in [-0.1, -0.05) is 30.3 Å². The van der Waals surface area contributed by atoms with Crippen molar-refractivity contribution in [1.29, 1.82) is 0 Å². The Morgan fingerprint density at radius 3 is 2.54 bits per heavy atom. The summed E-state index contributed by atoms with van der Waals surface area (Å²) in [6.07, 6.45) is 1.46. The van der Waals surface area contributed by atoms with Crippen molar-refractivity contribution in [2.24, 2.45) is 0 Å². The van der Waals surface area contributed by atoms with Gasteiger partial charge >= 0.3 is 0 Å². The molecule has 4 rings (SSSR count). The van der Waals surface area contributed by atoms with Crippen LogP contribution < -0.4 is 25.2 Å². The molecule has 3 aromatic carbocycles. The number of carbonyl (C=O) groups is 3. The summed E-state index contributed by atoms with van der Waals surface area (Å²) in [6.45, 7) is 1.79. The zero-order chi connectivity index (χ0) is 24.8. The molecule has 3 amide bonds. The Bertz CT molecular complexity index is 1290. The fourth-order valence-electron chi connectivity index (χ4n) is 3.39. The lowest BCUT2D eigenvalue weighted by Gasteiger charge is -2.14. The fourth-order valence-corrected chi connectivity index (χ4v) is 3.39. The Morgan fingerprint density at radius 2 is 1.80 bits per heavy atom. The molecule has 35 heavy (non-hydrogen) atoms. The van der Waals surface area contributed by atoms with Gasteiger partial charge in [0, 0.05) is 5.69 Å². The van der Waals surface area contributed by atoms with E-state index in [1.54, 1.807) is 55.5 Å². The molecule has 9 heteroatoms. The van der Waals surface area contributed by atoms with Crippen LogP contribution in [-0.2, 0) is 14.4 Å². The van der Waals surface area contributed by atoms with Crippen molar-refractivity contribution >= 4 is 35.2 Å². The van der Waals surface area contributed by atoms with Crippen LogP contribution >= 0.6 is 0 Å². The minimum absolute atomic E-state index is 0.0283. The number of halogens is 1. The van der Waals surface area contributed by atoms with Crippen molar-refractivity contribution in [2.45, 2.75) is 6.92 Å². The van der Waals surface area contributed by atoms with Crippen molar-refractivity contribution in [1.82, 2.24) is 5.43 Å². The average molecular weight is 475 g/mol. The van der Waals surface area contributed by atoms with Gasteiger partial charge in [-0.25, -0.2) is 9.40 Å². The van der Waals surface area contributed by atoms with E-state index in [4.69, 9.17) is 9.47 Å². The maximum absolute atomic E-state index is 13.3. The normalized spacial score (nSPS) is 14.1. The second kappa shape index (κ2) is 10.5. The molecule has 3 aromatic rings. The Hall–Kier alpha value is -4.66. The molecule has 1 saturated heterocycles. The predicted molar refractivity (Wildman–Crippen MR) is 128 cm³/mol. The lowest BCUT2D eigenvalue weighted by molar-refractivity contribution is -0.118. The zero-order valence-corrected chi connectivity index (χ0v) is 18.8. The van der Waals surface area contributed by atoms with Crippen molar-refractivity contribution in [3.63, 3.8) is 0 Å². The number of hydrogen-bond acceptors (Lipinski definition) is 5. The number of ether oxygens (including phenoxy) is 2. The third-order valence-corrected chi connectivity index (χ3v) is 4.95. The molecule has 1 aliphatic rings. The fraction of sp³-hybridized carbons (Fsp3) is 0.115. The summed E-state index contributed by atoms with van der Waals surface area (Å²) in [5.41, 5.74) is 3.92. The van der Waals surface area contributed by atoms with Crippen LogP contribution in [0.4, 0.5) is 15.8 Å². The molecule has 2 N–H and O–H groups in total. The molecular weight excluding hydrogens is 453 g/mol. The van der Waals surface area contributed by atoms with Gasteiger partial charge < -0.3 is 14.8 Å². The average Bonchev–Trinajstić information content (AvgIpc) is 3.13. The zero-order valence-electron chi connectivity index (χ0n) is 18.8. The summed E-state index contributed by atoms with van der Waals surface area (Å²) in [6, 6.07) is 19.1. The second-order valence-electron chi connectivity index (χ2n) is 7.46. The number of anilines is 2. The Kier molecular flexibility index (Phi) is 7.06. The highest BCUT2D eigenvalue weighted by Gasteiger charge is 2.34. The van der Waals surface area contributed by atoms with E-state index in [9.17, 15) is 18.8 Å². The summed E-state index contributed by atoms with van der Waals surface area (Å²) in [4.78, 5) is 37.4. The summed E-state index contributed by atoms with van der Waals surface area (Å²) in [5.74, 6) is -1.30. The number of hydrazine groups is 1. The van der Waals surface area contributed by atoms with Crippen LogP contribution in [0.3, 0.4) is 0 Å². The summed E-state index contributed by atoms with van der Waals surface area (Å²) >= 11 is 0. The third kappa shape index (κ3) is 5.64. The quantitative estimate of drug-likeness (QED) is 0.383. The predicted octanol–water partition coefficient (Wildman–Crippen LogP) is 3.70. The van der Waals surface area contributed by atoms with E-state index < -0.39 is 23.5 Å². The minimum Gasteiger partial charge on any atom is -0.490 e. The van der Waals surface area contributed by atoms with E-state index in [0.29, 0.717) is 35.0 Å². The first-order valence-corrected chi connectivity index (χ1v) is 10.8. The van der Waals surface area contributed by atoms with Gasteiger partial charge in [-0.05, 0) is 61.0 Å². The topological polar surface area (TPSA) is 97.0 Å². The number of para-hydroxylation sites is 1. The third-order valence-electron chi connectivity index (χ3n) is 4.95. The van der Waals surface area contributed by atoms with Crippen molar-refractivity contribution in [3.8, 4) is 11.5 Å². The summed E-state index contributed by atoms with van der Waals surface area (Å²) in [5, 5.41) is 3.74. The van der Waals surface area contributed by atoms with Gasteiger partial charge in [0.2, 0.25) is 0 Å². The molecule has 1 fully saturated rings. The van der Waals surface area contributed by atoms with Crippen LogP contribution in [0.1, 0.15) is 12.5 Å². The van der Waals surface area contributed by atoms with Gasteiger partial charge in [0.1, 0.15) is 11.4 Å². The summed E-state index contributed by atoms with van der Waals surface area (Å²) < 4.78 is 24.5. The van der Waals surface area contributed by atoms with Crippen LogP contribution in [-0.4, -0.2) is 30.9 Å². The molecule has 1 heterocycles. The van der Waals surface area contributed by atoms with Crippen molar-refractivity contribution in [2.75, 3.05) is 23.5 Å². The van der Waals surface area contributed by atoms with Crippen LogP contribution in [0, 0.1) is 5.82 Å². The molecule has 8 nitrogen and oxygen atoms in total. The molecule has 0 aromatic heterocycles. The van der Waals surface area contributed by atoms with Gasteiger partial charge in [-0.15, -0.1) is 0 Å². The van der Waals surface area contributed by atoms with E-state index in [-0.39, 0.29) is 12.2 Å². The highest BCUT2D eigenvalue weighted by molar-refractivity contribution is 6.31. The molecule has 1 aliphatic heterocycles. The standard InChI is InChI=1S/C26H22FN3O5/c1-2-34-23-14-17(13-21-25(32)29-30(26(21)33)20-9-4-3-5-10-20)11-12-22(23)35-16-24(31)28-19-8-6-7-18(27)15-19/h3-15H,2,16H2,1H3,(H,28,31)(H,29,32)/b21-13-. The SMILES string of the molecule is CCOc1cc(/C=C2/C(=O)NN(c3ccccc3)C2=O)ccc1OCC(=O)Nc1cccc(F)c1. The van der Waals surface area contributed by atoms with E-state index >= 15 is 0 Å². The molecule has 0 radical (unpaired) electrons. The first-order chi connectivity index (χ1) is 16.9. The number of carbonyl (C=O) groups excluding carboxylic acids is 3. The maximum Gasteiger partial charge on any atom is 0.282 e. The van der Waals surface area contributed by atoms with E-state index in [1.165, 1.54) is 29.3 Å². The number of amides is 3. The molecule has 0 bridgehead atoms. The molecule has 0 saturated carbocycles. The highest BCUT2D eigenvalue weighted by atomic mass is 19.1. The van der Waals surface area contributed by atoms with E-state index in [2.05, 4.69) is 10.7 Å². The monoisotopic (exact) mass is 475 g/mol. The molecule has 0 atom stereocenters. The van der Waals surface area contributed by atoms with Crippen LogP contribution in [0.2, 0.25) is 0 Å². The second-order valence-corrected chi connectivity index (χ2v) is 7.46. The number of benzene rings is 3. The molecule has 0 spiro atoms. The number of hydrogen-bond donors (Lipinski definition) is 2. The maximum atomic E-state index is 13.3. The van der Waals surface area contributed by atoms with E-state index in [0.717, 1.165) is 0 Å². The first kappa shape index (κ1) is 23.5. The molecule has 0 aliphatic carbocycles. The van der Waals surface area contributed by atoms with Crippen LogP contribution in [0.15, 0.2) is 78.4 Å². The van der Waals surface area contributed by atoms with Crippen molar-refractivity contribution in [3.05, 3.63) is 89.8 Å². The smallest absolute Gasteiger partial charge is 0.282 e. The number of nitrogens with one attached hydrogen (secondary N) is 2. The summed E-state index contributed by atoms with van der Waals surface area (Å²) in [7, 11) is 0. The lowest BCUT2D eigenvalue weighted by atomic mass is 10.1. The number of rotatable bonds is 8. The Labute approximate surface area is 200 Å².